The molecule has 0 bridgehead atoms. The Kier molecular flexibility index (Phi) is 3.66. The first kappa shape index (κ1) is 10.6. The zero-order chi connectivity index (χ0) is 7.72. The van der Waals surface area contributed by atoms with Gasteiger partial charge in [-0.2, -0.15) is 0 Å². The van der Waals surface area contributed by atoms with Crippen molar-refractivity contribution in [3.63, 3.8) is 0 Å². The first-order valence-electron chi connectivity index (χ1n) is 2.76. The van der Waals surface area contributed by atoms with Crippen LogP contribution in [0.5, 0.6) is 5.75 Å². The predicted molar refractivity (Wildman–Crippen MR) is 47.9 cm³/mol. The second-order valence-corrected chi connectivity index (χ2v) is 2.85. The van der Waals surface area contributed by atoms with Crippen LogP contribution in [-0.2, 0) is 0 Å². The van der Waals surface area contributed by atoms with Gasteiger partial charge in [-0.15, -0.1) is 0 Å². The molecular weight excluding hydrogens is 185 g/mol. The van der Waals surface area contributed by atoms with Crippen molar-refractivity contribution < 1.29 is 5.11 Å². The molecule has 0 atom stereocenters. The van der Waals surface area contributed by atoms with Crippen molar-refractivity contribution >= 4 is 23.2 Å². The zero-order valence-corrected chi connectivity index (χ0v) is 7.58. The minimum absolute atomic E-state index is 0. The molecule has 1 aromatic rings. The van der Waals surface area contributed by atoms with Gasteiger partial charge >= 0.3 is 0 Å². The lowest BCUT2D eigenvalue weighted by Crippen LogP contribution is -1.76. The molecule has 0 amide bonds. The summed E-state index contributed by atoms with van der Waals surface area (Å²) in [6.45, 7) is 1.80. The summed E-state index contributed by atoms with van der Waals surface area (Å²) in [5.41, 5.74) is 0.793. The highest BCUT2D eigenvalue weighted by molar-refractivity contribution is 6.36. The van der Waals surface area contributed by atoms with Gasteiger partial charge < -0.3 is 11.3 Å². The smallest absolute Gasteiger partial charge is 0.118 e. The molecule has 0 spiro atoms. The second-order valence-electron chi connectivity index (χ2n) is 2.03. The van der Waals surface area contributed by atoms with Crippen LogP contribution in [0, 0.1) is 6.92 Å². The molecule has 0 aliphatic rings. The summed E-state index contributed by atoms with van der Waals surface area (Å²) in [7, 11) is 0. The number of benzene rings is 1. The van der Waals surface area contributed by atoms with Gasteiger partial charge in [0.05, 0.1) is 0 Å². The largest absolute Gasteiger partial charge is 0.508 e. The van der Waals surface area contributed by atoms with Crippen LogP contribution in [0.4, 0.5) is 0 Å². The lowest BCUT2D eigenvalue weighted by molar-refractivity contribution is 0.475. The van der Waals surface area contributed by atoms with E-state index in [0.717, 1.165) is 5.56 Å². The first-order valence-corrected chi connectivity index (χ1v) is 3.51. The summed E-state index contributed by atoms with van der Waals surface area (Å²) in [5, 5.41) is 9.93. The highest BCUT2D eigenvalue weighted by Gasteiger charge is 2.01. The molecule has 1 rings (SSSR count). The van der Waals surface area contributed by atoms with Crippen LogP contribution in [0.2, 0.25) is 10.0 Å². The molecule has 0 saturated carbocycles. The second kappa shape index (κ2) is 3.81. The third-order valence-corrected chi connectivity index (χ3v) is 2.05. The maximum absolute atomic E-state index is 8.95. The maximum atomic E-state index is 8.95. The third-order valence-electron chi connectivity index (χ3n) is 1.27. The number of phenolic OH excluding ortho intramolecular Hbond substituents is 1. The van der Waals surface area contributed by atoms with Gasteiger partial charge in [0, 0.05) is 10.0 Å². The van der Waals surface area contributed by atoms with Crippen LogP contribution in [0.3, 0.4) is 0 Å². The number of halogens is 2. The normalized spacial score (nSPS) is 9.00. The van der Waals surface area contributed by atoms with Crippen molar-refractivity contribution in [1.82, 2.24) is 6.15 Å². The van der Waals surface area contributed by atoms with Crippen LogP contribution in [0.1, 0.15) is 5.56 Å². The first-order chi connectivity index (χ1) is 4.61. The Hall–Kier alpha value is -0.440. The third kappa shape index (κ3) is 2.26. The van der Waals surface area contributed by atoms with Gasteiger partial charge in [0.2, 0.25) is 0 Å². The number of hydrogen-bond donors (Lipinski definition) is 2. The monoisotopic (exact) mass is 193 g/mol. The summed E-state index contributed by atoms with van der Waals surface area (Å²) >= 11 is 11.3. The molecular formula is C7H9Cl2NO. The van der Waals surface area contributed by atoms with E-state index in [1.807, 2.05) is 0 Å². The van der Waals surface area contributed by atoms with Crippen molar-refractivity contribution in [2.75, 3.05) is 0 Å². The minimum Gasteiger partial charge on any atom is -0.508 e. The highest BCUT2D eigenvalue weighted by Crippen LogP contribution is 2.28. The van der Waals surface area contributed by atoms with E-state index < -0.39 is 0 Å². The minimum atomic E-state index is 0. The van der Waals surface area contributed by atoms with Crippen molar-refractivity contribution in [2.45, 2.75) is 6.92 Å². The molecule has 0 fully saturated rings. The Morgan fingerprint density at radius 2 is 1.55 bits per heavy atom. The summed E-state index contributed by atoms with van der Waals surface area (Å²) < 4.78 is 0. The fourth-order valence-corrected chi connectivity index (χ4v) is 1.11. The fraction of sp³-hybridized carbons (Fsp3) is 0.143. The van der Waals surface area contributed by atoms with Crippen LogP contribution in [0.15, 0.2) is 12.1 Å². The van der Waals surface area contributed by atoms with E-state index in [4.69, 9.17) is 28.3 Å². The highest BCUT2D eigenvalue weighted by atomic mass is 35.5. The van der Waals surface area contributed by atoms with E-state index in [1.165, 1.54) is 12.1 Å². The van der Waals surface area contributed by atoms with Gasteiger partial charge in [0.15, 0.2) is 0 Å². The SMILES string of the molecule is Cc1c(Cl)cc(O)cc1Cl.N. The van der Waals surface area contributed by atoms with Gasteiger partial charge in [-0.25, -0.2) is 0 Å². The summed E-state index contributed by atoms with van der Waals surface area (Å²) in [5.74, 6) is 0.0978. The quantitative estimate of drug-likeness (QED) is 0.666. The lowest BCUT2D eigenvalue weighted by Gasteiger charge is -2.00. The van der Waals surface area contributed by atoms with Crippen molar-refractivity contribution in [1.29, 1.82) is 0 Å². The van der Waals surface area contributed by atoms with E-state index in [0.29, 0.717) is 10.0 Å². The van der Waals surface area contributed by atoms with Crippen molar-refractivity contribution in [3.8, 4) is 5.75 Å². The van der Waals surface area contributed by atoms with E-state index >= 15 is 0 Å². The Labute approximate surface area is 75.3 Å². The van der Waals surface area contributed by atoms with Gasteiger partial charge in [-0.05, 0) is 24.6 Å². The Morgan fingerprint density at radius 3 is 1.91 bits per heavy atom. The molecule has 0 radical (unpaired) electrons. The molecule has 0 unspecified atom stereocenters. The standard InChI is InChI=1S/C7H6Cl2O.H3N/c1-4-6(8)2-5(10)3-7(4)9;/h2-3,10H,1H3;1H3. The molecule has 0 heterocycles. The lowest BCUT2D eigenvalue weighted by atomic mass is 10.2. The van der Waals surface area contributed by atoms with Gasteiger partial charge in [-0.1, -0.05) is 23.2 Å². The number of phenols is 1. The summed E-state index contributed by atoms with van der Waals surface area (Å²) in [4.78, 5) is 0. The summed E-state index contributed by atoms with van der Waals surface area (Å²) in [6, 6.07) is 2.92. The van der Waals surface area contributed by atoms with Crippen LogP contribution in [0.25, 0.3) is 0 Å². The zero-order valence-electron chi connectivity index (χ0n) is 6.06. The number of aromatic hydroxyl groups is 1. The van der Waals surface area contributed by atoms with Crippen LogP contribution < -0.4 is 6.15 Å². The van der Waals surface area contributed by atoms with Crippen LogP contribution >= 0.6 is 23.2 Å². The van der Waals surface area contributed by atoms with Crippen LogP contribution in [-0.4, -0.2) is 5.11 Å². The van der Waals surface area contributed by atoms with Gasteiger partial charge in [0.25, 0.3) is 0 Å². The molecule has 0 aliphatic heterocycles. The molecule has 4 N–H and O–H groups in total. The maximum Gasteiger partial charge on any atom is 0.118 e. The van der Waals surface area contributed by atoms with Gasteiger partial charge in [-0.3, -0.25) is 0 Å². The average molecular weight is 194 g/mol. The molecule has 0 aromatic heterocycles. The molecule has 1 aromatic carbocycles. The fourth-order valence-electron chi connectivity index (χ4n) is 0.632. The Morgan fingerprint density at radius 1 is 1.18 bits per heavy atom. The van der Waals surface area contributed by atoms with E-state index in [1.54, 1.807) is 6.92 Å². The number of hydrogen-bond acceptors (Lipinski definition) is 2. The molecule has 2 nitrogen and oxygen atoms in total. The summed E-state index contributed by atoms with van der Waals surface area (Å²) in [6.07, 6.45) is 0. The van der Waals surface area contributed by atoms with Gasteiger partial charge in [0.1, 0.15) is 5.75 Å². The molecule has 0 saturated heterocycles. The molecule has 4 heteroatoms. The number of rotatable bonds is 0. The Bertz CT molecular complexity index is 240. The van der Waals surface area contributed by atoms with Crippen molar-refractivity contribution in [2.24, 2.45) is 0 Å². The van der Waals surface area contributed by atoms with E-state index in [2.05, 4.69) is 0 Å². The molecule has 11 heavy (non-hydrogen) atoms. The predicted octanol–water partition coefficient (Wildman–Crippen LogP) is 3.17. The van der Waals surface area contributed by atoms with E-state index in [-0.39, 0.29) is 11.9 Å². The molecule has 62 valence electrons. The van der Waals surface area contributed by atoms with E-state index in [9.17, 15) is 0 Å². The average Bonchev–Trinajstić information content (AvgIpc) is 1.82. The Balaban J connectivity index is 0.000001000. The molecule has 0 aliphatic carbocycles. The van der Waals surface area contributed by atoms with Crippen molar-refractivity contribution in [3.05, 3.63) is 27.7 Å². The topological polar surface area (TPSA) is 55.2 Å².